The molecule has 0 saturated carbocycles. The number of hydrogen-bond donors (Lipinski definition) is 0. The summed E-state index contributed by atoms with van der Waals surface area (Å²) < 4.78 is 9.77. The van der Waals surface area contributed by atoms with E-state index in [9.17, 15) is 4.79 Å². The highest BCUT2D eigenvalue weighted by Crippen LogP contribution is 2.16. The highest BCUT2D eigenvalue weighted by molar-refractivity contribution is 7.10. The summed E-state index contributed by atoms with van der Waals surface area (Å²) >= 11 is 1.61. The molecular formula is C11H14O3S. The number of carbonyl (C=O) groups is 1. The van der Waals surface area contributed by atoms with E-state index >= 15 is 0 Å². The Labute approximate surface area is 93.3 Å². The number of thiophene rings is 1. The molecule has 0 radical (unpaired) electrons. The first-order chi connectivity index (χ1) is 7.26. The molecule has 0 aliphatic carbocycles. The molecule has 3 nitrogen and oxygen atoms in total. The third-order valence-electron chi connectivity index (χ3n) is 1.66. The normalized spacial score (nSPS) is 10.8. The summed E-state index contributed by atoms with van der Waals surface area (Å²) in [6.07, 6.45) is 3.18. The van der Waals surface area contributed by atoms with Crippen LogP contribution in [-0.4, -0.2) is 19.7 Å². The molecule has 1 aromatic heterocycles. The molecule has 0 aliphatic heterocycles. The van der Waals surface area contributed by atoms with E-state index in [2.05, 4.69) is 0 Å². The van der Waals surface area contributed by atoms with Crippen LogP contribution in [0.25, 0.3) is 6.08 Å². The first kappa shape index (κ1) is 11.9. The van der Waals surface area contributed by atoms with Crippen molar-refractivity contribution >= 4 is 23.4 Å². The van der Waals surface area contributed by atoms with Gasteiger partial charge in [0.25, 0.3) is 0 Å². The quantitative estimate of drug-likeness (QED) is 0.571. The van der Waals surface area contributed by atoms with Gasteiger partial charge in [-0.25, -0.2) is 4.79 Å². The fraction of sp³-hybridized carbons (Fsp3) is 0.364. The largest absolute Gasteiger partial charge is 0.463 e. The summed E-state index contributed by atoms with van der Waals surface area (Å²) in [4.78, 5) is 12.2. The van der Waals surface area contributed by atoms with Gasteiger partial charge < -0.3 is 9.47 Å². The maximum Gasteiger partial charge on any atom is 0.330 e. The van der Waals surface area contributed by atoms with Gasteiger partial charge in [0.15, 0.2) is 0 Å². The van der Waals surface area contributed by atoms with Gasteiger partial charge in [-0.2, -0.15) is 0 Å². The maximum atomic E-state index is 11.0. The molecule has 0 aromatic carbocycles. The van der Waals surface area contributed by atoms with Gasteiger partial charge >= 0.3 is 5.97 Å². The molecule has 0 saturated heterocycles. The minimum absolute atomic E-state index is 0.308. The van der Waals surface area contributed by atoms with Crippen LogP contribution in [0.2, 0.25) is 0 Å². The van der Waals surface area contributed by atoms with Gasteiger partial charge in [-0.05, 0) is 30.0 Å². The molecule has 4 heteroatoms. The lowest BCUT2D eigenvalue weighted by atomic mass is 10.3. The summed E-state index contributed by atoms with van der Waals surface area (Å²) in [5, 5.41) is 1.98. The Bertz CT molecular complexity index is 341. The molecule has 1 aromatic rings. The predicted octanol–water partition coefficient (Wildman–Crippen LogP) is 2.47. The summed E-state index contributed by atoms with van der Waals surface area (Å²) in [5.41, 5.74) is 1.00. The Hall–Kier alpha value is -1.13. The monoisotopic (exact) mass is 226 g/mol. The molecule has 1 rings (SSSR count). The molecule has 0 atom stereocenters. The van der Waals surface area contributed by atoms with Crippen LogP contribution in [0, 0.1) is 0 Å². The molecule has 82 valence electrons. The zero-order valence-electron chi connectivity index (χ0n) is 8.86. The van der Waals surface area contributed by atoms with Gasteiger partial charge in [-0.1, -0.05) is 0 Å². The molecule has 0 bridgehead atoms. The number of hydrogen-bond acceptors (Lipinski definition) is 4. The van der Waals surface area contributed by atoms with Crippen molar-refractivity contribution in [1.82, 2.24) is 0 Å². The Morgan fingerprint density at radius 1 is 1.60 bits per heavy atom. The van der Waals surface area contributed by atoms with E-state index in [0.717, 1.165) is 10.4 Å². The molecule has 0 N–H and O–H groups in total. The number of carbonyl (C=O) groups excluding carboxylic acids is 1. The second kappa shape index (κ2) is 6.37. The second-order valence-corrected chi connectivity index (χ2v) is 3.86. The van der Waals surface area contributed by atoms with Gasteiger partial charge in [-0.3, -0.25) is 0 Å². The van der Waals surface area contributed by atoms with Crippen LogP contribution in [0.5, 0.6) is 0 Å². The van der Waals surface area contributed by atoms with Crippen molar-refractivity contribution in [3.8, 4) is 0 Å². The van der Waals surface area contributed by atoms with Gasteiger partial charge in [0.2, 0.25) is 0 Å². The van der Waals surface area contributed by atoms with Crippen molar-refractivity contribution in [2.24, 2.45) is 0 Å². The van der Waals surface area contributed by atoms with E-state index in [-0.39, 0.29) is 5.97 Å². The van der Waals surface area contributed by atoms with Crippen LogP contribution in [0.1, 0.15) is 17.4 Å². The van der Waals surface area contributed by atoms with Crippen LogP contribution < -0.4 is 0 Å². The molecule has 0 amide bonds. The molecule has 0 unspecified atom stereocenters. The Balaban J connectivity index is 2.52. The Kier molecular flexibility index (Phi) is 5.07. The highest BCUT2D eigenvalue weighted by Gasteiger charge is 1.98. The van der Waals surface area contributed by atoms with E-state index in [4.69, 9.17) is 9.47 Å². The second-order valence-electron chi connectivity index (χ2n) is 2.86. The fourth-order valence-corrected chi connectivity index (χ4v) is 1.88. The molecule has 15 heavy (non-hydrogen) atoms. The Morgan fingerprint density at radius 2 is 2.40 bits per heavy atom. The summed E-state index contributed by atoms with van der Waals surface area (Å²) in [5.74, 6) is -0.308. The highest BCUT2D eigenvalue weighted by atomic mass is 32.1. The summed E-state index contributed by atoms with van der Waals surface area (Å²) in [6, 6.07) is 1.99. The number of methoxy groups -OCH3 is 1. The van der Waals surface area contributed by atoms with Crippen LogP contribution in [0.3, 0.4) is 0 Å². The van der Waals surface area contributed by atoms with Gasteiger partial charge in [-0.15, -0.1) is 11.3 Å². The Morgan fingerprint density at radius 3 is 3.07 bits per heavy atom. The standard InChI is InChI=1S/C11H14O3S/c1-3-14-11(12)5-4-9-6-10(7-13-2)15-8-9/h4-6,8H,3,7H2,1-2H3. The third kappa shape index (κ3) is 4.27. The van der Waals surface area contributed by atoms with Gasteiger partial charge in [0.1, 0.15) is 0 Å². The smallest absolute Gasteiger partial charge is 0.330 e. The van der Waals surface area contributed by atoms with Crippen molar-refractivity contribution < 1.29 is 14.3 Å². The lowest BCUT2D eigenvalue weighted by Crippen LogP contribution is -1.98. The molecule has 0 fully saturated rings. The first-order valence-electron chi connectivity index (χ1n) is 4.67. The van der Waals surface area contributed by atoms with E-state index in [1.165, 1.54) is 6.08 Å². The average Bonchev–Trinajstić information content (AvgIpc) is 2.64. The lowest BCUT2D eigenvalue weighted by Gasteiger charge is -1.93. The minimum Gasteiger partial charge on any atom is -0.463 e. The van der Waals surface area contributed by atoms with Crippen LogP contribution in [-0.2, 0) is 20.9 Å². The molecule has 0 aliphatic rings. The maximum absolute atomic E-state index is 11.0. The van der Waals surface area contributed by atoms with E-state index in [1.54, 1.807) is 31.4 Å². The molecule has 1 heterocycles. The van der Waals surface area contributed by atoms with Crippen molar-refractivity contribution in [2.75, 3.05) is 13.7 Å². The topological polar surface area (TPSA) is 35.5 Å². The summed E-state index contributed by atoms with van der Waals surface area (Å²) in [6.45, 7) is 2.80. The minimum atomic E-state index is -0.308. The van der Waals surface area contributed by atoms with Gasteiger partial charge in [0.05, 0.1) is 13.2 Å². The zero-order valence-corrected chi connectivity index (χ0v) is 9.67. The van der Waals surface area contributed by atoms with Crippen molar-refractivity contribution in [2.45, 2.75) is 13.5 Å². The van der Waals surface area contributed by atoms with Crippen molar-refractivity contribution in [3.05, 3.63) is 28.0 Å². The van der Waals surface area contributed by atoms with Crippen LogP contribution in [0.4, 0.5) is 0 Å². The zero-order chi connectivity index (χ0) is 11.1. The lowest BCUT2D eigenvalue weighted by molar-refractivity contribution is -0.137. The van der Waals surface area contributed by atoms with E-state index in [0.29, 0.717) is 13.2 Å². The van der Waals surface area contributed by atoms with Crippen LogP contribution in [0.15, 0.2) is 17.5 Å². The van der Waals surface area contributed by atoms with Gasteiger partial charge in [0, 0.05) is 18.1 Å². The molecular weight excluding hydrogens is 212 g/mol. The van der Waals surface area contributed by atoms with Crippen molar-refractivity contribution in [3.63, 3.8) is 0 Å². The van der Waals surface area contributed by atoms with Crippen LogP contribution >= 0.6 is 11.3 Å². The van der Waals surface area contributed by atoms with Crippen molar-refractivity contribution in [1.29, 1.82) is 0 Å². The summed E-state index contributed by atoms with van der Waals surface area (Å²) in [7, 11) is 1.66. The first-order valence-corrected chi connectivity index (χ1v) is 5.55. The SMILES string of the molecule is CCOC(=O)C=Cc1csc(COC)c1. The number of ether oxygens (including phenoxy) is 2. The number of esters is 1. The molecule has 0 spiro atoms. The average molecular weight is 226 g/mol. The van der Waals surface area contributed by atoms with E-state index < -0.39 is 0 Å². The number of rotatable bonds is 5. The van der Waals surface area contributed by atoms with E-state index in [1.807, 2.05) is 11.4 Å². The predicted molar refractivity (Wildman–Crippen MR) is 60.7 cm³/mol. The fourth-order valence-electron chi connectivity index (χ4n) is 1.06. The third-order valence-corrected chi connectivity index (χ3v) is 2.59.